The topological polar surface area (TPSA) is 62.7 Å². The molecular formula is C21H28N4OS. The van der Waals surface area contributed by atoms with E-state index in [1.54, 1.807) is 11.8 Å². The number of H-pyrrole nitrogens is 1. The predicted octanol–water partition coefficient (Wildman–Crippen LogP) is 4.37. The zero-order valence-corrected chi connectivity index (χ0v) is 17.1. The van der Waals surface area contributed by atoms with E-state index in [1.165, 1.54) is 11.4 Å². The van der Waals surface area contributed by atoms with Crippen LogP contribution in [-0.4, -0.2) is 32.5 Å². The van der Waals surface area contributed by atoms with Crippen LogP contribution in [0.25, 0.3) is 11.0 Å². The van der Waals surface area contributed by atoms with Crippen molar-refractivity contribution in [2.24, 2.45) is 0 Å². The van der Waals surface area contributed by atoms with Crippen LogP contribution in [0.1, 0.15) is 42.5 Å². The van der Waals surface area contributed by atoms with Gasteiger partial charge in [-0.15, -0.1) is 0 Å². The third-order valence-electron chi connectivity index (χ3n) is 4.89. The number of nitrogens with zero attached hydrogens (tertiary/aromatic N) is 2. The number of nitrogens with one attached hydrogen (secondary N) is 2. The summed E-state index contributed by atoms with van der Waals surface area (Å²) < 4.78 is 2.26. The Hall–Kier alpha value is -2.21. The molecule has 6 heteroatoms. The number of hydrogen-bond donors (Lipinski definition) is 2. The van der Waals surface area contributed by atoms with Gasteiger partial charge < -0.3 is 14.9 Å². The summed E-state index contributed by atoms with van der Waals surface area (Å²) in [6.45, 7) is 5.08. The Labute approximate surface area is 165 Å². The number of carbonyl (C=O) groups excluding carboxylic acids is 1. The van der Waals surface area contributed by atoms with Crippen LogP contribution in [0.3, 0.4) is 0 Å². The van der Waals surface area contributed by atoms with Crippen LogP contribution in [0.2, 0.25) is 0 Å². The van der Waals surface area contributed by atoms with E-state index < -0.39 is 0 Å². The molecule has 0 aliphatic heterocycles. The fourth-order valence-corrected chi connectivity index (χ4v) is 3.84. The van der Waals surface area contributed by atoms with Gasteiger partial charge in [0.25, 0.3) is 0 Å². The quantitative estimate of drug-likeness (QED) is 0.576. The van der Waals surface area contributed by atoms with Crippen molar-refractivity contribution in [2.45, 2.75) is 45.7 Å². The summed E-state index contributed by atoms with van der Waals surface area (Å²) in [5, 5.41) is 3.18. The minimum absolute atomic E-state index is 0.0765. The summed E-state index contributed by atoms with van der Waals surface area (Å²) in [6, 6.07) is 12.1. The van der Waals surface area contributed by atoms with Crippen LogP contribution >= 0.6 is 11.8 Å². The van der Waals surface area contributed by atoms with Crippen LogP contribution in [0.15, 0.2) is 36.4 Å². The molecule has 1 amide bonds. The highest BCUT2D eigenvalue weighted by atomic mass is 32.2. The average molecular weight is 385 g/mol. The van der Waals surface area contributed by atoms with Gasteiger partial charge in [0.2, 0.25) is 5.91 Å². The van der Waals surface area contributed by atoms with E-state index in [4.69, 9.17) is 0 Å². The lowest BCUT2D eigenvalue weighted by molar-refractivity contribution is -0.122. The van der Waals surface area contributed by atoms with Gasteiger partial charge in [-0.2, -0.15) is 11.8 Å². The molecule has 0 bridgehead atoms. The molecule has 2 aromatic heterocycles. The molecule has 0 aliphatic rings. The Kier molecular flexibility index (Phi) is 6.61. The second-order valence-electron chi connectivity index (χ2n) is 6.91. The highest BCUT2D eigenvalue weighted by Crippen LogP contribution is 2.20. The van der Waals surface area contributed by atoms with Gasteiger partial charge in [-0.25, -0.2) is 4.98 Å². The largest absolute Gasteiger partial charge is 0.349 e. The van der Waals surface area contributed by atoms with Crippen LogP contribution in [0.4, 0.5) is 0 Å². The zero-order chi connectivity index (χ0) is 19.2. The van der Waals surface area contributed by atoms with Crippen molar-refractivity contribution < 1.29 is 4.79 Å². The van der Waals surface area contributed by atoms with E-state index in [2.05, 4.69) is 52.1 Å². The van der Waals surface area contributed by atoms with Crippen LogP contribution in [0, 0.1) is 13.8 Å². The summed E-state index contributed by atoms with van der Waals surface area (Å²) in [6.07, 6.45) is 4.30. The first-order chi connectivity index (χ1) is 13.1. The lowest BCUT2D eigenvalue weighted by Crippen LogP contribution is -2.29. The Morgan fingerprint density at radius 3 is 2.67 bits per heavy atom. The van der Waals surface area contributed by atoms with E-state index in [0.29, 0.717) is 6.42 Å². The Balaban J connectivity index is 1.60. The summed E-state index contributed by atoms with van der Waals surface area (Å²) in [5.41, 5.74) is 4.44. The van der Waals surface area contributed by atoms with Gasteiger partial charge in [0.1, 0.15) is 5.82 Å². The molecule has 0 fully saturated rings. The fourth-order valence-electron chi connectivity index (χ4n) is 3.37. The van der Waals surface area contributed by atoms with Gasteiger partial charge in [0, 0.05) is 24.4 Å². The maximum absolute atomic E-state index is 12.5. The number of aromatic nitrogens is 3. The van der Waals surface area contributed by atoms with Crippen molar-refractivity contribution in [1.29, 1.82) is 0 Å². The summed E-state index contributed by atoms with van der Waals surface area (Å²) in [4.78, 5) is 20.6. The first-order valence-electron chi connectivity index (χ1n) is 9.44. The lowest BCUT2D eigenvalue weighted by Gasteiger charge is -2.16. The standard InChI is InChI=1S/C21H28N4OS/c1-15-10-11-16(2)25(15)13-6-9-20(26)22-19(12-14-27-3)21-23-17-7-4-5-8-18(17)24-21/h4-5,7-8,10-11,19H,6,9,12-14H2,1-3H3,(H,22,26)(H,23,24). The monoisotopic (exact) mass is 384 g/mol. The second kappa shape index (κ2) is 9.13. The molecule has 0 spiro atoms. The molecule has 0 saturated carbocycles. The van der Waals surface area contributed by atoms with Gasteiger partial charge in [0.15, 0.2) is 0 Å². The third-order valence-corrected chi connectivity index (χ3v) is 5.53. The van der Waals surface area contributed by atoms with Gasteiger partial charge in [-0.05, 0) is 63.0 Å². The number of fused-ring (bicyclic) bond motifs is 1. The molecule has 5 nitrogen and oxygen atoms in total. The number of amides is 1. The number of hydrogen-bond acceptors (Lipinski definition) is 3. The van der Waals surface area contributed by atoms with E-state index >= 15 is 0 Å². The minimum atomic E-state index is -0.0765. The van der Waals surface area contributed by atoms with Gasteiger partial charge in [-0.3, -0.25) is 4.79 Å². The second-order valence-corrected chi connectivity index (χ2v) is 7.90. The molecule has 3 aromatic rings. The molecule has 1 atom stereocenters. The number of thioether (sulfide) groups is 1. The van der Waals surface area contributed by atoms with Crippen LogP contribution in [-0.2, 0) is 11.3 Å². The van der Waals surface area contributed by atoms with Crippen LogP contribution in [0.5, 0.6) is 0 Å². The lowest BCUT2D eigenvalue weighted by atomic mass is 10.2. The van der Waals surface area contributed by atoms with E-state index in [9.17, 15) is 4.79 Å². The van der Waals surface area contributed by atoms with E-state index in [1.807, 2.05) is 24.3 Å². The Bertz CT molecular complexity index is 846. The molecule has 2 heterocycles. The molecule has 2 N–H and O–H groups in total. The van der Waals surface area contributed by atoms with Crippen molar-refractivity contribution in [1.82, 2.24) is 19.9 Å². The maximum Gasteiger partial charge on any atom is 0.220 e. The summed E-state index contributed by atoms with van der Waals surface area (Å²) in [5.74, 6) is 1.91. The molecular weight excluding hydrogens is 356 g/mol. The maximum atomic E-state index is 12.5. The number of aryl methyl sites for hydroxylation is 2. The van der Waals surface area contributed by atoms with Crippen LogP contribution < -0.4 is 5.32 Å². The number of imidazole rings is 1. The molecule has 1 unspecified atom stereocenters. The summed E-state index contributed by atoms with van der Waals surface area (Å²) >= 11 is 1.78. The molecule has 1 aromatic carbocycles. The normalized spacial score (nSPS) is 12.4. The van der Waals surface area contributed by atoms with Gasteiger partial charge in [-0.1, -0.05) is 12.1 Å². The first-order valence-corrected chi connectivity index (χ1v) is 10.8. The summed E-state index contributed by atoms with van der Waals surface area (Å²) in [7, 11) is 0. The van der Waals surface area contributed by atoms with E-state index in [-0.39, 0.29) is 11.9 Å². The number of aromatic amines is 1. The van der Waals surface area contributed by atoms with Gasteiger partial charge >= 0.3 is 0 Å². The predicted molar refractivity (Wildman–Crippen MR) is 113 cm³/mol. The highest BCUT2D eigenvalue weighted by molar-refractivity contribution is 7.98. The highest BCUT2D eigenvalue weighted by Gasteiger charge is 2.18. The van der Waals surface area contributed by atoms with Crippen molar-refractivity contribution in [3.63, 3.8) is 0 Å². The smallest absolute Gasteiger partial charge is 0.220 e. The fraction of sp³-hybridized carbons (Fsp3) is 0.429. The number of carbonyl (C=O) groups is 1. The van der Waals surface area contributed by atoms with E-state index in [0.717, 1.165) is 42.0 Å². The SMILES string of the molecule is CSCCC(NC(=O)CCCn1c(C)ccc1C)c1nc2ccccc2[nH]1. The third kappa shape index (κ3) is 4.95. The number of para-hydroxylation sites is 2. The Morgan fingerprint density at radius 2 is 1.96 bits per heavy atom. The molecule has 27 heavy (non-hydrogen) atoms. The molecule has 0 saturated heterocycles. The van der Waals surface area contributed by atoms with Crippen molar-refractivity contribution in [2.75, 3.05) is 12.0 Å². The van der Waals surface area contributed by atoms with Crippen molar-refractivity contribution in [3.05, 3.63) is 53.6 Å². The molecule has 144 valence electrons. The minimum Gasteiger partial charge on any atom is -0.349 e. The number of rotatable bonds is 9. The number of benzene rings is 1. The van der Waals surface area contributed by atoms with Crippen molar-refractivity contribution in [3.8, 4) is 0 Å². The molecule has 0 aliphatic carbocycles. The van der Waals surface area contributed by atoms with Gasteiger partial charge in [0.05, 0.1) is 17.1 Å². The molecule has 0 radical (unpaired) electrons. The average Bonchev–Trinajstić information content (AvgIpc) is 3.23. The molecule has 3 rings (SSSR count). The Morgan fingerprint density at radius 1 is 1.22 bits per heavy atom. The zero-order valence-electron chi connectivity index (χ0n) is 16.3. The van der Waals surface area contributed by atoms with Crippen molar-refractivity contribution >= 4 is 28.7 Å². The first kappa shape index (κ1) is 19.5.